The number of guanidine groups is 1. The zero-order chi connectivity index (χ0) is 21.2. The van der Waals surface area contributed by atoms with Gasteiger partial charge in [-0.15, -0.1) is 35.7 Å². The molecule has 0 radical (unpaired) electrons. The maximum atomic E-state index is 12.1. The molecule has 1 atom stereocenters. The third-order valence-corrected chi connectivity index (χ3v) is 6.33. The average molecular weight is 553 g/mol. The van der Waals surface area contributed by atoms with Crippen molar-refractivity contribution < 1.29 is 4.79 Å². The summed E-state index contributed by atoms with van der Waals surface area (Å²) in [5.41, 5.74) is 1.73. The van der Waals surface area contributed by atoms with Gasteiger partial charge in [-0.25, -0.2) is 4.99 Å². The van der Waals surface area contributed by atoms with Gasteiger partial charge in [0.15, 0.2) is 5.96 Å². The summed E-state index contributed by atoms with van der Waals surface area (Å²) in [6, 6.07) is 18.3. The lowest BCUT2D eigenvalue weighted by Gasteiger charge is -2.21. The van der Waals surface area contributed by atoms with Crippen LogP contribution in [0.15, 0.2) is 64.5 Å². The second-order valence-corrected chi connectivity index (χ2v) is 8.55. The summed E-state index contributed by atoms with van der Waals surface area (Å²) in [5, 5.41) is 6.29. The van der Waals surface area contributed by atoms with Crippen LogP contribution in [0, 0.1) is 5.92 Å². The molecular formula is C24H33IN4OS. The van der Waals surface area contributed by atoms with E-state index in [1.807, 2.05) is 43.0 Å². The summed E-state index contributed by atoms with van der Waals surface area (Å²) in [5.74, 6) is 2.73. The van der Waals surface area contributed by atoms with Gasteiger partial charge in [0, 0.05) is 42.4 Å². The number of hydrogen-bond acceptors (Lipinski definition) is 3. The molecule has 0 spiro atoms. The summed E-state index contributed by atoms with van der Waals surface area (Å²) in [4.78, 5) is 20.6. The summed E-state index contributed by atoms with van der Waals surface area (Å²) in [7, 11) is 0. The van der Waals surface area contributed by atoms with Crippen molar-refractivity contribution >= 4 is 47.6 Å². The first-order valence-electron chi connectivity index (χ1n) is 10.8. The fourth-order valence-corrected chi connectivity index (χ4v) is 4.61. The Morgan fingerprint density at radius 1 is 1.10 bits per heavy atom. The summed E-state index contributed by atoms with van der Waals surface area (Å²) in [6.07, 6.45) is 1.19. The van der Waals surface area contributed by atoms with Crippen molar-refractivity contribution in [3.05, 3.63) is 65.7 Å². The highest BCUT2D eigenvalue weighted by atomic mass is 127. The Kier molecular flexibility index (Phi) is 11.2. The van der Waals surface area contributed by atoms with Crippen molar-refractivity contribution in [1.82, 2.24) is 15.5 Å². The third kappa shape index (κ3) is 8.03. The Morgan fingerprint density at radius 2 is 1.87 bits per heavy atom. The lowest BCUT2D eigenvalue weighted by molar-refractivity contribution is 0.0955. The molecule has 0 aliphatic carbocycles. The molecule has 3 rings (SSSR count). The van der Waals surface area contributed by atoms with Crippen molar-refractivity contribution in [1.29, 1.82) is 0 Å². The van der Waals surface area contributed by atoms with Crippen LogP contribution in [0.4, 0.5) is 0 Å². The Bertz CT molecular complexity index is 846. The van der Waals surface area contributed by atoms with E-state index in [0.717, 1.165) is 36.9 Å². The van der Waals surface area contributed by atoms with Gasteiger partial charge in [-0.05, 0) is 56.0 Å². The monoisotopic (exact) mass is 552 g/mol. The van der Waals surface area contributed by atoms with Crippen LogP contribution in [0.25, 0.3) is 0 Å². The molecule has 1 saturated heterocycles. The van der Waals surface area contributed by atoms with Crippen LogP contribution in [0.5, 0.6) is 0 Å². The van der Waals surface area contributed by atoms with Gasteiger partial charge in [0.25, 0.3) is 5.91 Å². The van der Waals surface area contributed by atoms with Crippen molar-refractivity contribution in [2.24, 2.45) is 10.9 Å². The van der Waals surface area contributed by atoms with Crippen LogP contribution in [0.1, 0.15) is 36.2 Å². The third-order valence-electron chi connectivity index (χ3n) is 5.09. The van der Waals surface area contributed by atoms with Crippen LogP contribution in [-0.2, 0) is 6.54 Å². The molecule has 1 unspecified atom stereocenters. The number of likely N-dealkylation sites (tertiary alicyclic amines) is 1. The van der Waals surface area contributed by atoms with Gasteiger partial charge in [0.2, 0.25) is 0 Å². The van der Waals surface area contributed by atoms with Gasteiger partial charge < -0.3 is 15.5 Å². The molecule has 2 aromatic carbocycles. The van der Waals surface area contributed by atoms with E-state index in [-0.39, 0.29) is 29.9 Å². The van der Waals surface area contributed by atoms with Crippen LogP contribution >= 0.6 is 35.7 Å². The van der Waals surface area contributed by atoms with Crippen LogP contribution in [0.3, 0.4) is 0 Å². The minimum Gasteiger partial charge on any atom is -0.357 e. The molecular weight excluding hydrogens is 519 g/mol. The van der Waals surface area contributed by atoms with Gasteiger partial charge in [-0.2, -0.15) is 0 Å². The molecule has 0 bridgehead atoms. The second kappa shape index (κ2) is 13.6. The molecule has 0 aromatic heterocycles. The van der Waals surface area contributed by atoms with Crippen molar-refractivity contribution in [3.63, 3.8) is 0 Å². The quantitative estimate of drug-likeness (QED) is 0.217. The number of amides is 1. The molecule has 2 aromatic rings. The highest BCUT2D eigenvalue weighted by Crippen LogP contribution is 2.26. The number of benzene rings is 2. The topological polar surface area (TPSA) is 56.7 Å². The number of carbonyl (C=O) groups excluding carboxylic acids is 1. The Morgan fingerprint density at radius 3 is 2.61 bits per heavy atom. The number of hydrogen-bond donors (Lipinski definition) is 2. The standard InChI is InChI=1S/C24H32N4OS.HI/c1-3-25-23(29)21-10-8-9-19(15-21)16-27-24(26-4-2)28-14-13-20(17-28)18-30-22-11-6-5-7-12-22;/h5-12,15,20H,3-4,13-14,16-18H2,1-2H3,(H,25,29)(H,26,27);1H. The molecule has 2 N–H and O–H groups in total. The largest absolute Gasteiger partial charge is 0.357 e. The van der Waals surface area contributed by atoms with Crippen molar-refractivity contribution in [3.8, 4) is 0 Å². The Hall–Kier alpha value is -1.74. The highest BCUT2D eigenvalue weighted by molar-refractivity contribution is 14.0. The fourth-order valence-electron chi connectivity index (χ4n) is 3.56. The van der Waals surface area contributed by atoms with Gasteiger partial charge in [0.05, 0.1) is 6.54 Å². The summed E-state index contributed by atoms with van der Waals surface area (Å²) in [6.45, 7) is 8.13. The number of aliphatic imine (C=N–C) groups is 1. The van der Waals surface area contributed by atoms with Gasteiger partial charge >= 0.3 is 0 Å². The van der Waals surface area contributed by atoms with Crippen LogP contribution in [0.2, 0.25) is 0 Å². The molecule has 7 heteroatoms. The molecule has 1 fully saturated rings. The van der Waals surface area contributed by atoms with Gasteiger partial charge in [0.1, 0.15) is 0 Å². The second-order valence-electron chi connectivity index (χ2n) is 7.45. The van der Waals surface area contributed by atoms with E-state index in [1.54, 1.807) is 0 Å². The Labute approximate surface area is 207 Å². The molecule has 1 heterocycles. The van der Waals surface area contributed by atoms with E-state index < -0.39 is 0 Å². The Balaban J connectivity index is 0.00000341. The summed E-state index contributed by atoms with van der Waals surface area (Å²) < 4.78 is 0. The smallest absolute Gasteiger partial charge is 0.251 e. The van der Waals surface area contributed by atoms with Crippen LogP contribution in [-0.4, -0.2) is 48.7 Å². The molecule has 1 aliphatic rings. The molecule has 1 aliphatic heterocycles. The minimum absolute atomic E-state index is 0. The number of nitrogens with zero attached hydrogens (tertiary/aromatic N) is 2. The van der Waals surface area contributed by atoms with Gasteiger partial charge in [-0.1, -0.05) is 30.3 Å². The molecule has 1 amide bonds. The molecule has 0 saturated carbocycles. The number of rotatable bonds is 8. The SMILES string of the molecule is CCNC(=O)c1cccc(CN=C(NCC)N2CCC(CSc3ccccc3)C2)c1.I. The average Bonchev–Trinajstić information content (AvgIpc) is 3.25. The van der Waals surface area contributed by atoms with Gasteiger partial charge in [-0.3, -0.25) is 4.79 Å². The lowest BCUT2D eigenvalue weighted by Crippen LogP contribution is -2.40. The van der Waals surface area contributed by atoms with E-state index in [0.29, 0.717) is 24.6 Å². The van der Waals surface area contributed by atoms with E-state index in [9.17, 15) is 4.79 Å². The van der Waals surface area contributed by atoms with E-state index >= 15 is 0 Å². The number of thioether (sulfide) groups is 1. The highest BCUT2D eigenvalue weighted by Gasteiger charge is 2.24. The lowest BCUT2D eigenvalue weighted by atomic mass is 10.1. The molecule has 31 heavy (non-hydrogen) atoms. The molecule has 5 nitrogen and oxygen atoms in total. The predicted octanol–water partition coefficient (Wildman–Crippen LogP) is 4.63. The van der Waals surface area contributed by atoms with E-state index in [2.05, 4.69) is 52.8 Å². The first-order valence-corrected chi connectivity index (χ1v) is 11.8. The van der Waals surface area contributed by atoms with Crippen molar-refractivity contribution in [2.45, 2.75) is 31.7 Å². The summed E-state index contributed by atoms with van der Waals surface area (Å²) >= 11 is 1.94. The zero-order valence-electron chi connectivity index (χ0n) is 18.3. The first kappa shape index (κ1) is 25.5. The maximum Gasteiger partial charge on any atom is 0.251 e. The van der Waals surface area contributed by atoms with E-state index in [4.69, 9.17) is 4.99 Å². The number of halogens is 1. The minimum atomic E-state index is -0.0338. The number of nitrogens with one attached hydrogen (secondary N) is 2. The number of carbonyl (C=O) groups is 1. The van der Waals surface area contributed by atoms with E-state index in [1.165, 1.54) is 11.3 Å². The normalized spacial score (nSPS) is 16.0. The van der Waals surface area contributed by atoms with Crippen molar-refractivity contribution in [2.75, 3.05) is 31.9 Å². The predicted molar refractivity (Wildman–Crippen MR) is 142 cm³/mol. The fraction of sp³-hybridized carbons (Fsp3) is 0.417. The maximum absolute atomic E-state index is 12.1. The van der Waals surface area contributed by atoms with Crippen LogP contribution < -0.4 is 10.6 Å². The zero-order valence-corrected chi connectivity index (χ0v) is 21.5. The first-order chi connectivity index (χ1) is 14.7. The molecule has 168 valence electrons.